The van der Waals surface area contributed by atoms with Crippen LogP contribution in [0.15, 0.2) is 36.5 Å². The molecule has 0 saturated heterocycles. The topological polar surface area (TPSA) is 78.9 Å². The molecule has 0 unspecified atom stereocenters. The first-order valence-electron chi connectivity index (χ1n) is 32.5. The van der Waals surface area contributed by atoms with Gasteiger partial charge in [0.1, 0.15) is 13.2 Å². The van der Waals surface area contributed by atoms with Crippen molar-refractivity contribution in [2.75, 3.05) is 13.2 Å². The molecule has 0 aromatic heterocycles. The van der Waals surface area contributed by atoms with Crippen molar-refractivity contribution in [1.82, 2.24) is 0 Å². The molecule has 6 heteroatoms. The SMILES string of the molecule is CCCCC/C=C\C/C=C\C/C=C\CCCCC(=O)OC[C@H](COC(=O)CCCCCCCCCCCCCCCCCCCCCCC)OC(=O)CCCCCCCCCCCCCCCCCCCCC. The highest BCUT2D eigenvalue weighted by molar-refractivity contribution is 5.71. The summed E-state index contributed by atoms with van der Waals surface area (Å²) < 4.78 is 16.9. The van der Waals surface area contributed by atoms with E-state index in [-0.39, 0.29) is 31.1 Å². The summed E-state index contributed by atoms with van der Waals surface area (Å²) in [6.45, 7) is 6.65. The minimum absolute atomic E-state index is 0.0786. The third-order valence-corrected chi connectivity index (χ3v) is 14.6. The standard InChI is InChI=1S/C67H124O6/c1-4-7-10-13-16-19-22-25-28-30-32-33-35-36-39-42-45-48-51-54-57-60-66(69)72-63-64(62-71-65(68)59-56-53-50-47-44-41-38-27-24-21-18-15-12-9-6-3)73-67(70)61-58-55-52-49-46-43-40-37-34-31-29-26-23-20-17-14-11-8-5-2/h18,21,27,38,44,47,64H,4-17,19-20,22-26,28-37,39-43,45-46,48-63H2,1-3H3/b21-18-,38-27-,47-44-/t64-/m1/s1. The van der Waals surface area contributed by atoms with E-state index in [0.29, 0.717) is 19.3 Å². The second-order valence-electron chi connectivity index (χ2n) is 22.0. The fourth-order valence-corrected chi connectivity index (χ4v) is 9.75. The smallest absolute Gasteiger partial charge is 0.306 e. The second kappa shape index (κ2) is 62.2. The number of carbonyl (C=O) groups excluding carboxylic acids is 3. The molecule has 0 amide bonds. The Morgan fingerprint density at radius 1 is 0.274 bits per heavy atom. The number of hydrogen-bond acceptors (Lipinski definition) is 6. The lowest BCUT2D eigenvalue weighted by molar-refractivity contribution is -0.167. The van der Waals surface area contributed by atoms with Gasteiger partial charge in [-0.25, -0.2) is 0 Å². The first-order valence-corrected chi connectivity index (χ1v) is 32.5. The fourth-order valence-electron chi connectivity index (χ4n) is 9.75. The molecule has 0 saturated carbocycles. The Labute approximate surface area is 455 Å². The van der Waals surface area contributed by atoms with Gasteiger partial charge < -0.3 is 14.2 Å². The molecule has 0 radical (unpaired) electrons. The Kier molecular flexibility index (Phi) is 60.2. The van der Waals surface area contributed by atoms with E-state index < -0.39 is 6.10 Å². The quantitative estimate of drug-likeness (QED) is 0.0261. The number of esters is 3. The summed E-state index contributed by atoms with van der Waals surface area (Å²) in [6, 6.07) is 0. The van der Waals surface area contributed by atoms with Crippen molar-refractivity contribution < 1.29 is 28.6 Å². The number of rotatable bonds is 60. The van der Waals surface area contributed by atoms with Gasteiger partial charge in [0.25, 0.3) is 0 Å². The van der Waals surface area contributed by atoms with Crippen LogP contribution >= 0.6 is 0 Å². The van der Waals surface area contributed by atoms with Crippen LogP contribution in [0, 0.1) is 0 Å². The van der Waals surface area contributed by atoms with Gasteiger partial charge in [0.2, 0.25) is 0 Å². The molecule has 0 N–H and O–H groups in total. The summed E-state index contributed by atoms with van der Waals surface area (Å²) in [7, 11) is 0. The lowest BCUT2D eigenvalue weighted by atomic mass is 10.0. The van der Waals surface area contributed by atoms with Crippen LogP contribution in [0.4, 0.5) is 0 Å². The van der Waals surface area contributed by atoms with Crippen molar-refractivity contribution in [3.8, 4) is 0 Å². The Morgan fingerprint density at radius 3 is 0.795 bits per heavy atom. The summed E-state index contributed by atoms with van der Waals surface area (Å²) >= 11 is 0. The van der Waals surface area contributed by atoms with E-state index in [1.165, 1.54) is 244 Å². The van der Waals surface area contributed by atoms with Gasteiger partial charge in [-0.1, -0.05) is 314 Å². The fraction of sp³-hybridized carbons (Fsp3) is 0.866. The van der Waals surface area contributed by atoms with Crippen molar-refractivity contribution in [1.29, 1.82) is 0 Å². The molecule has 0 rings (SSSR count). The highest BCUT2D eigenvalue weighted by atomic mass is 16.6. The lowest BCUT2D eigenvalue weighted by Gasteiger charge is -2.18. The van der Waals surface area contributed by atoms with Crippen LogP contribution in [0.25, 0.3) is 0 Å². The minimum Gasteiger partial charge on any atom is -0.462 e. The Bertz CT molecular complexity index is 1220. The first kappa shape index (κ1) is 70.6. The minimum atomic E-state index is -0.784. The molecule has 0 aromatic carbocycles. The van der Waals surface area contributed by atoms with Crippen LogP contribution in [0.5, 0.6) is 0 Å². The molecule has 1 atom stereocenters. The predicted octanol–water partition coefficient (Wildman–Crippen LogP) is 22.0. The maximum Gasteiger partial charge on any atom is 0.306 e. The van der Waals surface area contributed by atoms with Gasteiger partial charge in [0.15, 0.2) is 6.10 Å². The van der Waals surface area contributed by atoms with Crippen LogP contribution in [0.1, 0.15) is 355 Å². The zero-order valence-corrected chi connectivity index (χ0v) is 49.2. The van der Waals surface area contributed by atoms with E-state index in [0.717, 1.165) is 70.6 Å². The maximum atomic E-state index is 12.9. The van der Waals surface area contributed by atoms with Crippen LogP contribution < -0.4 is 0 Å². The van der Waals surface area contributed by atoms with Gasteiger partial charge in [0, 0.05) is 19.3 Å². The second-order valence-corrected chi connectivity index (χ2v) is 22.0. The van der Waals surface area contributed by atoms with Crippen molar-refractivity contribution in [3.05, 3.63) is 36.5 Å². The Hall–Kier alpha value is -2.37. The van der Waals surface area contributed by atoms with Gasteiger partial charge in [-0.15, -0.1) is 0 Å². The van der Waals surface area contributed by atoms with Gasteiger partial charge in [-0.05, 0) is 57.8 Å². The molecule has 0 fully saturated rings. The molecule has 0 aromatic rings. The molecule has 0 aliphatic heterocycles. The average Bonchev–Trinajstić information content (AvgIpc) is 3.39. The Balaban J connectivity index is 4.32. The normalized spacial score (nSPS) is 12.2. The molecular weight excluding hydrogens is 901 g/mol. The van der Waals surface area contributed by atoms with E-state index in [1.54, 1.807) is 0 Å². The maximum absolute atomic E-state index is 12.9. The van der Waals surface area contributed by atoms with E-state index in [2.05, 4.69) is 57.2 Å². The number of carbonyl (C=O) groups is 3. The summed E-state index contributed by atoms with van der Waals surface area (Å²) in [5, 5.41) is 0. The highest BCUT2D eigenvalue weighted by Crippen LogP contribution is 2.18. The van der Waals surface area contributed by atoms with Crippen molar-refractivity contribution in [2.24, 2.45) is 0 Å². The van der Waals surface area contributed by atoms with Crippen LogP contribution in [-0.2, 0) is 28.6 Å². The number of unbranched alkanes of at least 4 members (excludes halogenated alkanes) is 43. The molecular formula is C67H124O6. The van der Waals surface area contributed by atoms with E-state index >= 15 is 0 Å². The zero-order chi connectivity index (χ0) is 52.9. The molecule has 0 spiro atoms. The third-order valence-electron chi connectivity index (χ3n) is 14.6. The summed E-state index contributed by atoms with van der Waals surface area (Å²) in [6.07, 6.45) is 75.9. The summed E-state index contributed by atoms with van der Waals surface area (Å²) in [5.41, 5.74) is 0. The molecule has 0 aliphatic rings. The molecule has 0 heterocycles. The largest absolute Gasteiger partial charge is 0.462 e. The van der Waals surface area contributed by atoms with Crippen LogP contribution in [-0.4, -0.2) is 37.2 Å². The molecule has 0 bridgehead atoms. The van der Waals surface area contributed by atoms with E-state index in [1.807, 2.05) is 0 Å². The van der Waals surface area contributed by atoms with Gasteiger partial charge in [0.05, 0.1) is 0 Å². The number of hydrogen-bond donors (Lipinski definition) is 0. The zero-order valence-electron chi connectivity index (χ0n) is 49.2. The third kappa shape index (κ3) is 60.4. The number of ether oxygens (including phenoxy) is 3. The summed E-state index contributed by atoms with van der Waals surface area (Å²) in [4.78, 5) is 38.3. The molecule has 428 valence electrons. The van der Waals surface area contributed by atoms with Gasteiger partial charge >= 0.3 is 17.9 Å². The van der Waals surface area contributed by atoms with E-state index in [4.69, 9.17) is 14.2 Å². The molecule has 0 aliphatic carbocycles. The Morgan fingerprint density at radius 2 is 0.493 bits per heavy atom. The van der Waals surface area contributed by atoms with Gasteiger partial charge in [-0.2, -0.15) is 0 Å². The highest BCUT2D eigenvalue weighted by Gasteiger charge is 2.19. The molecule has 6 nitrogen and oxygen atoms in total. The number of allylic oxidation sites excluding steroid dienone is 6. The molecule has 73 heavy (non-hydrogen) atoms. The monoisotopic (exact) mass is 1020 g/mol. The van der Waals surface area contributed by atoms with Crippen LogP contribution in [0.2, 0.25) is 0 Å². The van der Waals surface area contributed by atoms with Gasteiger partial charge in [-0.3, -0.25) is 14.4 Å². The van der Waals surface area contributed by atoms with Crippen LogP contribution in [0.3, 0.4) is 0 Å². The van der Waals surface area contributed by atoms with Crippen molar-refractivity contribution in [2.45, 2.75) is 361 Å². The average molecular weight is 1030 g/mol. The predicted molar refractivity (Wildman–Crippen MR) is 316 cm³/mol. The van der Waals surface area contributed by atoms with Crippen molar-refractivity contribution in [3.63, 3.8) is 0 Å². The summed E-state index contributed by atoms with van der Waals surface area (Å²) in [5.74, 6) is -0.892. The van der Waals surface area contributed by atoms with Crippen molar-refractivity contribution >= 4 is 17.9 Å². The lowest BCUT2D eigenvalue weighted by Crippen LogP contribution is -2.30. The first-order chi connectivity index (χ1) is 36.0. The van der Waals surface area contributed by atoms with E-state index in [9.17, 15) is 14.4 Å².